The van der Waals surface area contributed by atoms with Crippen LogP contribution in [0.25, 0.3) is 0 Å². The molecule has 0 atom stereocenters. The molecule has 0 fully saturated rings. The first-order valence-corrected chi connectivity index (χ1v) is 11.9. The molecule has 2 heterocycles. The quantitative estimate of drug-likeness (QED) is 0.430. The van der Waals surface area contributed by atoms with E-state index in [9.17, 15) is 13.2 Å². The average molecular weight is 454 g/mol. The van der Waals surface area contributed by atoms with Crippen LogP contribution in [0.4, 0.5) is 11.5 Å². The van der Waals surface area contributed by atoms with E-state index in [1.807, 2.05) is 38.1 Å². The molecule has 0 saturated carbocycles. The van der Waals surface area contributed by atoms with Crippen molar-refractivity contribution in [1.82, 2.24) is 14.7 Å². The number of nitrogens with zero attached hydrogens (tertiary/aromatic N) is 2. The largest absolute Gasteiger partial charge is 0.366 e. The van der Waals surface area contributed by atoms with Gasteiger partial charge in [0.25, 0.3) is 5.91 Å². The third kappa shape index (κ3) is 6.35. The van der Waals surface area contributed by atoms with Crippen molar-refractivity contribution in [3.05, 3.63) is 78.2 Å². The van der Waals surface area contributed by atoms with Gasteiger partial charge in [0.15, 0.2) is 0 Å². The molecule has 0 saturated heterocycles. The van der Waals surface area contributed by atoms with Gasteiger partial charge in [-0.25, -0.2) is 18.1 Å². The number of hydrogen-bond acceptors (Lipinski definition) is 6. The predicted molar refractivity (Wildman–Crippen MR) is 125 cm³/mol. The molecular weight excluding hydrogens is 426 g/mol. The second-order valence-corrected chi connectivity index (χ2v) is 8.97. The molecule has 1 amide bonds. The molecule has 0 spiro atoms. The van der Waals surface area contributed by atoms with E-state index in [4.69, 9.17) is 0 Å². The molecule has 3 rings (SSSR count). The molecule has 0 aliphatic heterocycles. The zero-order chi connectivity index (χ0) is 23.0. The summed E-state index contributed by atoms with van der Waals surface area (Å²) in [5.74, 6) is 0.343. The molecule has 9 heteroatoms. The highest BCUT2D eigenvalue weighted by Crippen LogP contribution is 2.16. The molecule has 0 aliphatic rings. The van der Waals surface area contributed by atoms with Crippen LogP contribution in [0.15, 0.2) is 72.0 Å². The first-order valence-electron chi connectivity index (χ1n) is 10.4. The van der Waals surface area contributed by atoms with Crippen LogP contribution in [0.2, 0.25) is 0 Å². The topological polar surface area (TPSA) is 113 Å². The van der Waals surface area contributed by atoms with E-state index in [1.165, 1.54) is 12.3 Å². The molecule has 32 heavy (non-hydrogen) atoms. The lowest BCUT2D eigenvalue weighted by Gasteiger charge is -2.15. The summed E-state index contributed by atoms with van der Waals surface area (Å²) < 4.78 is 27.6. The number of rotatable bonds is 10. The number of pyridine rings is 2. The Morgan fingerprint density at radius 2 is 1.78 bits per heavy atom. The first-order chi connectivity index (χ1) is 15.4. The molecule has 0 radical (unpaired) electrons. The van der Waals surface area contributed by atoms with E-state index >= 15 is 0 Å². The maximum Gasteiger partial charge on any atom is 0.255 e. The van der Waals surface area contributed by atoms with Crippen molar-refractivity contribution in [2.75, 3.05) is 10.6 Å². The molecule has 8 nitrogen and oxygen atoms in total. The molecule has 2 aromatic heterocycles. The van der Waals surface area contributed by atoms with Gasteiger partial charge >= 0.3 is 0 Å². The minimum absolute atomic E-state index is 0.0934. The van der Waals surface area contributed by atoms with Gasteiger partial charge in [0.05, 0.1) is 0 Å². The standard InChI is InChI=1S/C23H27N5O3S/c1-3-19(4-2)28-32(30,31)21-8-9-22(26-16-21)25-15-17-6-5-7-20(14-17)27-23(29)18-10-12-24-13-11-18/h5-14,16,19,28H,3-4,15H2,1-2H3,(H,25,26)(H,27,29). The van der Waals surface area contributed by atoms with Gasteiger partial charge in [-0.3, -0.25) is 9.78 Å². The lowest BCUT2D eigenvalue weighted by molar-refractivity contribution is 0.102. The summed E-state index contributed by atoms with van der Waals surface area (Å²) in [7, 11) is -3.59. The lowest BCUT2D eigenvalue weighted by atomic mass is 10.2. The summed E-state index contributed by atoms with van der Waals surface area (Å²) in [6, 6.07) is 13.8. The number of nitrogens with one attached hydrogen (secondary N) is 3. The third-order valence-corrected chi connectivity index (χ3v) is 6.46. The van der Waals surface area contributed by atoms with Crippen molar-refractivity contribution in [2.45, 2.75) is 44.2 Å². The zero-order valence-electron chi connectivity index (χ0n) is 18.1. The van der Waals surface area contributed by atoms with E-state index in [-0.39, 0.29) is 16.8 Å². The van der Waals surface area contributed by atoms with E-state index < -0.39 is 10.0 Å². The number of amides is 1. The van der Waals surface area contributed by atoms with E-state index in [0.717, 1.165) is 18.4 Å². The zero-order valence-corrected chi connectivity index (χ0v) is 18.9. The third-order valence-electron chi connectivity index (χ3n) is 4.96. The van der Waals surface area contributed by atoms with Crippen LogP contribution in [-0.4, -0.2) is 30.3 Å². The van der Waals surface area contributed by atoms with Gasteiger partial charge in [-0.1, -0.05) is 26.0 Å². The van der Waals surface area contributed by atoms with Gasteiger partial charge in [0.1, 0.15) is 10.7 Å². The number of anilines is 2. The van der Waals surface area contributed by atoms with Crippen LogP contribution < -0.4 is 15.4 Å². The Balaban J connectivity index is 1.60. The Morgan fingerprint density at radius 1 is 1.03 bits per heavy atom. The Kier molecular flexibility index (Phi) is 7.91. The Hall–Kier alpha value is -3.30. The minimum Gasteiger partial charge on any atom is -0.366 e. The van der Waals surface area contributed by atoms with E-state index in [0.29, 0.717) is 23.6 Å². The van der Waals surface area contributed by atoms with Gasteiger partial charge in [0.2, 0.25) is 10.0 Å². The molecule has 168 valence electrons. The van der Waals surface area contributed by atoms with Gasteiger partial charge < -0.3 is 10.6 Å². The molecule has 0 bridgehead atoms. The fourth-order valence-electron chi connectivity index (χ4n) is 3.04. The number of carbonyl (C=O) groups is 1. The van der Waals surface area contributed by atoms with Crippen LogP contribution in [0.3, 0.4) is 0 Å². The summed E-state index contributed by atoms with van der Waals surface area (Å²) in [6.45, 7) is 4.35. The van der Waals surface area contributed by atoms with Crippen molar-refractivity contribution >= 4 is 27.4 Å². The number of aromatic nitrogens is 2. The van der Waals surface area contributed by atoms with Crippen molar-refractivity contribution in [3.8, 4) is 0 Å². The highest BCUT2D eigenvalue weighted by Gasteiger charge is 2.18. The smallest absolute Gasteiger partial charge is 0.255 e. The first kappa shape index (κ1) is 23.4. The highest BCUT2D eigenvalue weighted by molar-refractivity contribution is 7.89. The maximum absolute atomic E-state index is 12.5. The van der Waals surface area contributed by atoms with Crippen molar-refractivity contribution in [2.24, 2.45) is 0 Å². The van der Waals surface area contributed by atoms with E-state index in [1.54, 1.807) is 30.6 Å². The van der Waals surface area contributed by atoms with Gasteiger partial charge in [0, 0.05) is 42.4 Å². The summed E-state index contributed by atoms with van der Waals surface area (Å²) in [4.78, 5) is 20.6. The van der Waals surface area contributed by atoms with Gasteiger partial charge in [-0.05, 0) is 54.8 Å². The Morgan fingerprint density at radius 3 is 2.44 bits per heavy atom. The predicted octanol–water partition coefficient (Wildman–Crippen LogP) is 3.81. The second kappa shape index (κ2) is 10.8. The molecule has 3 N–H and O–H groups in total. The number of carbonyl (C=O) groups excluding carboxylic acids is 1. The normalized spacial score (nSPS) is 11.3. The van der Waals surface area contributed by atoms with Crippen molar-refractivity contribution in [1.29, 1.82) is 0 Å². The fourth-order valence-corrected chi connectivity index (χ4v) is 4.39. The number of benzene rings is 1. The van der Waals surface area contributed by atoms with Crippen molar-refractivity contribution < 1.29 is 13.2 Å². The highest BCUT2D eigenvalue weighted by atomic mass is 32.2. The lowest BCUT2D eigenvalue weighted by Crippen LogP contribution is -2.33. The fraction of sp³-hybridized carbons (Fsp3) is 0.261. The van der Waals surface area contributed by atoms with Crippen LogP contribution in [-0.2, 0) is 16.6 Å². The second-order valence-electron chi connectivity index (χ2n) is 7.26. The van der Waals surface area contributed by atoms with Crippen LogP contribution in [0, 0.1) is 0 Å². The van der Waals surface area contributed by atoms with Crippen molar-refractivity contribution in [3.63, 3.8) is 0 Å². The van der Waals surface area contributed by atoms with Gasteiger partial charge in [-0.15, -0.1) is 0 Å². The SMILES string of the molecule is CCC(CC)NS(=O)(=O)c1ccc(NCc2cccc(NC(=O)c3ccncc3)c2)nc1. The van der Waals surface area contributed by atoms with E-state index in [2.05, 4.69) is 25.3 Å². The summed E-state index contributed by atoms with van der Waals surface area (Å²) in [5.41, 5.74) is 2.14. The van der Waals surface area contributed by atoms with Gasteiger partial charge in [-0.2, -0.15) is 0 Å². The molecule has 3 aromatic rings. The Labute approximate surface area is 188 Å². The number of hydrogen-bond donors (Lipinski definition) is 3. The summed E-state index contributed by atoms with van der Waals surface area (Å²) >= 11 is 0. The molecule has 0 aliphatic carbocycles. The summed E-state index contributed by atoms with van der Waals surface area (Å²) in [6.07, 6.45) is 5.94. The molecule has 0 unspecified atom stereocenters. The molecule has 1 aromatic carbocycles. The maximum atomic E-state index is 12.5. The minimum atomic E-state index is -3.59. The summed E-state index contributed by atoms with van der Waals surface area (Å²) in [5, 5.41) is 6.03. The van der Waals surface area contributed by atoms with Crippen LogP contribution >= 0.6 is 0 Å². The average Bonchev–Trinajstić information content (AvgIpc) is 2.82. The van der Waals surface area contributed by atoms with Crippen LogP contribution in [0.5, 0.6) is 0 Å². The number of sulfonamides is 1. The monoisotopic (exact) mass is 453 g/mol. The molecular formula is C23H27N5O3S. The van der Waals surface area contributed by atoms with Crippen LogP contribution in [0.1, 0.15) is 42.6 Å². The Bertz CT molecular complexity index is 1130.